The molecule has 18 heavy (non-hydrogen) atoms. The summed E-state index contributed by atoms with van der Waals surface area (Å²) >= 11 is 0. The van der Waals surface area contributed by atoms with Crippen LogP contribution in [0.3, 0.4) is 0 Å². The molecule has 4 heteroatoms. The van der Waals surface area contributed by atoms with Crippen LogP contribution in [-0.2, 0) is 9.84 Å². The molecule has 0 bridgehead atoms. The van der Waals surface area contributed by atoms with E-state index >= 15 is 0 Å². The van der Waals surface area contributed by atoms with Crippen molar-refractivity contribution in [2.24, 2.45) is 5.92 Å². The van der Waals surface area contributed by atoms with Crippen molar-refractivity contribution in [1.82, 2.24) is 5.32 Å². The fraction of sp³-hybridized carbons (Fsp3) is 1.00. The normalized spacial score (nSPS) is 15.1. The second-order valence-electron chi connectivity index (χ2n) is 6.49. The smallest absolute Gasteiger partial charge is 0.154 e. The lowest BCUT2D eigenvalue weighted by Gasteiger charge is -2.27. The molecule has 0 spiro atoms. The molecule has 0 fully saturated rings. The van der Waals surface area contributed by atoms with Gasteiger partial charge in [0.1, 0.15) is 0 Å². The van der Waals surface area contributed by atoms with Crippen LogP contribution >= 0.6 is 0 Å². The second-order valence-corrected chi connectivity index (χ2v) is 8.83. The number of rotatable bonds is 8. The summed E-state index contributed by atoms with van der Waals surface area (Å²) in [4.78, 5) is 0. The third-order valence-electron chi connectivity index (χ3n) is 3.07. The highest BCUT2D eigenvalue weighted by atomic mass is 32.2. The maximum Gasteiger partial charge on any atom is 0.154 e. The summed E-state index contributed by atoms with van der Waals surface area (Å²) in [7, 11) is -2.98. The average Bonchev–Trinajstić information content (AvgIpc) is 2.14. The third-order valence-corrected chi connectivity index (χ3v) is 5.56. The molecular weight excluding hydrogens is 246 g/mol. The Hall–Kier alpha value is -0.0900. The van der Waals surface area contributed by atoms with Gasteiger partial charge in [-0.25, -0.2) is 8.42 Å². The van der Waals surface area contributed by atoms with Crippen LogP contribution in [0.4, 0.5) is 0 Å². The van der Waals surface area contributed by atoms with Crippen molar-refractivity contribution in [2.45, 2.75) is 71.6 Å². The van der Waals surface area contributed by atoms with Crippen molar-refractivity contribution in [3.63, 3.8) is 0 Å². The Kier molecular flexibility index (Phi) is 7.45. The topological polar surface area (TPSA) is 46.2 Å². The molecule has 0 rings (SSSR count). The van der Waals surface area contributed by atoms with E-state index in [2.05, 4.69) is 33.0 Å². The lowest BCUT2D eigenvalue weighted by atomic mass is 10.1. The Morgan fingerprint density at radius 2 is 1.67 bits per heavy atom. The predicted octanol–water partition coefficient (Wildman–Crippen LogP) is 3.00. The monoisotopic (exact) mass is 277 g/mol. The van der Waals surface area contributed by atoms with Crippen LogP contribution in [0.25, 0.3) is 0 Å². The van der Waals surface area contributed by atoms with Crippen LogP contribution in [0.2, 0.25) is 0 Å². The van der Waals surface area contributed by atoms with Gasteiger partial charge in [-0.05, 0) is 33.1 Å². The summed E-state index contributed by atoms with van der Waals surface area (Å²) in [5, 5.41) is 3.05. The molecule has 0 heterocycles. The van der Waals surface area contributed by atoms with Crippen molar-refractivity contribution < 1.29 is 8.42 Å². The molecular formula is C14H31NO2S. The van der Waals surface area contributed by atoms with E-state index in [9.17, 15) is 8.42 Å². The van der Waals surface area contributed by atoms with Gasteiger partial charge >= 0.3 is 0 Å². The molecule has 0 radical (unpaired) electrons. The molecule has 110 valence electrons. The highest BCUT2D eigenvalue weighted by Crippen LogP contribution is 2.16. The standard InChI is InChI=1S/C14H31NO2S/c1-7-8-9-10-18(16,17)13(12(2)3)11-15-14(4,5)6/h12-13,15H,7-11H2,1-6H3. The molecule has 0 aliphatic carbocycles. The molecule has 0 aliphatic rings. The predicted molar refractivity (Wildman–Crippen MR) is 79.7 cm³/mol. The van der Waals surface area contributed by atoms with E-state index in [0.29, 0.717) is 12.3 Å². The first-order valence-corrected chi connectivity index (χ1v) is 8.78. The number of hydrogen-bond donors (Lipinski definition) is 1. The first-order chi connectivity index (χ1) is 8.10. The van der Waals surface area contributed by atoms with Gasteiger partial charge in [-0.2, -0.15) is 0 Å². The summed E-state index contributed by atoms with van der Waals surface area (Å²) in [6.07, 6.45) is 2.84. The molecule has 0 aliphatic heterocycles. The Labute approximate surface area is 114 Å². The van der Waals surface area contributed by atoms with Crippen LogP contribution < -0.4 is 5.32 Å². The zero-order valence-corrected chi connectivity index (χ0v) is 13.7. The van der Waals surface area contributed by atoms with E-state index in [1.165, 1.54) is 0 Å². The SMILES string of the molecule is CCCCCS(=O)(=O)C(CNC(C)(C)C)C(C)C. The quantitative estimate of drug-likeness (QED) is 0.694. The van der Waals surface area contributed by atoms with Gasteiger partial charge in [0.05, 0.1) is 11.0 Å². The summed E-state index contributed by atoms with van der Waals surface area (Å²) in [5.41, 5.74) is -0.0356. The molecule has 0 aromatic heterocycles. The fourth-order valence-corrected chi connectivity index (χ4v) is 3.96. The van der Waals surface area contributed by atoms with E-state index in [1.54, 1.807) is 0 Å². The van der Waals surface area contributed by atoms with Crippen LogP contribution in [-0.4, -0.2) is 31.5 Å². The minimum Gasteiger partial charge on any atom is -0.311 e. The summed E-state index contributed by atoms with van der Waals surface area (Å²) in [6.45, 7) is 12.8. The van der Waals surface area contributed by atoms with Gasteiger partial charge in [0.2, 0.25) is 0 Å². The van der Waals surface area contributed by atoms with Crippen molar-refractivity contribution in [2.75, 3.05) is 12.3 Å². The van der Waals surface area contributed by atoms with E-state index in [0.717, 1.165) is 19.3 Å². The molecule has 1 unspecified atom stereocenters. The van der Waals surface area contributed by atoms with Crippen LogP contribution in [0.15, 0.2) is 0 Å². The summed E-state index contributed by atoms with van der Waals surface area (Å²) in [5.74, 6) is 0.488. The first-order valence-electron chi connectivity index (χ1n) is 7.06. The first kappa shape index (κ1) is 17.9. The maximum atomic E-state index is 12.3. The lowest BCUT2D eigenvalue weighted by molar-refractivity contribution is 0.399. The second kappa shape index (κ2) is 7.49. The zero-order valence-electron chi connectivity index (χ0n) is 12.9. The number of sulfone groups is 1. The van der Waals surface area contributed by atoms with Gasteiger partial charge in [-0.3, -0.25) is 0 Å². The molecule has 1 N–H and O–H groups in total. The van der Waals surface area contributed by atoms with Gasteiger partial charge in [0.15, 0.2) is 9.84 Å². The number of nitrogens with one attached hydrogen (secondary N) is 1. The van der Waals surface area contributed by atoms with Gasteiger partial charge < -0.3 is 5.32 Å². The minimum atomic E-state index is -2.98. The zero-order chi connectivity index (χ0) is 14.4. The Balaban J connectivity index is 4.58. The fourth-order valence-electron chi connectivity index (χ4n) is 1.89. The van der Waals surface area contributed by atoms with Crippen molar-refractivity contribution in [1.29, 1.82) is 0 Å². The molecule has 0 saturated carbocycles. The summed E-state index contributed by atoms with van der Waals surface area (Å²) < 4.78 is 24.6. The van der Waals surface area contributed by atoms with Gasteiger partial charge in [-0.15, -0.1) is 0 Å². The van der Waals surface area contributed by atoms with Gasteiger partial charge in [0.25, 0.3) is 0 Å². The van der Waals surface area contributed by atoms with E-state index in [-0.39, 0.29) is 16.7 Å². The van der Waals surface area contributed by atoms with Crippen LogP contribution in [0, 0.1) is 5.92 Å². The average molecular weight is 277 g/mol. The van der Waals surface area contributed by atoms with Crippen molar-refractivity contribution >= 4 is 9.84 Å². The van der Waals surface area contributed by atoms with Crippen LogP contribution in [0.5, 0.6) is 0 Å². The minimum absolute atomic E-state index is 0.0356. The molecule has 1 atom stereocenters. The number of hydrogen-bond acceptors (Lipinski definition) is 3. The Morgan fingerprint density at radius 1 is 1.11 bits per heavy atom. The van der Waals surface area contributed by atoms with E-state index in [1.807, 2.05) is 13.8 Å². The molecule has 3 nitrogen and oxygen atoms in total. The van der Waals surface area contributed by atoms with Gasteiger partial charge in [0, 0.05) is 12.1 Å². The van der Waals surface area contributed by atoms with Gasteiger partial charge in [-0.1, -0.05) is 33.6 Å². The van der Waals surface area contributed by atoms with Crippen molar-refractivity contribution in [3.8, 4) is 0 Å². The van der Waals surface area contributed by atoms with E-state index < -0.39 is 9.84 Å². The number of unbranched alkanes of at least 4 members (excludes halogenated alkanes) is 2. The maximum absolute atomic E-state index is 12.3. The summed E-state index contributed by atoms with van der Waals surface area (Å²) in [6, 6.07) is 0. The lowest BCUT2D eigenvalue weighted by Crippen LogP contribution is -2.45. The highest BCUT2D eigenvalue weighted by Gasteiger charge is 2.28. The Bertz CT molecular complexity index is 315. The highest BCUT2D eigenvalue weighted by molar-refractivity contribution is 7.92. The Morgan fingerprint density at radius 3 is 2.06 bits per heavy atom. The molecule has 0 aromatic rings. The third kappa shape index (κ3) is 7.37. The van der Waals surface area contributed by atoms with E-state index in [4.69, 9.17) is 0 Å². The molecule has 0 aromatic carbocycles. The molecule has 0 saturated heterocycles. The van der Waals surface area contributed by atoms with Crippen molar-refractivity contribution in [3.05, 3.63) is 0 Å². The largest absolute Gasteiger partial charge is 0.311 e. The molecule has 0 amide bonds. The van der Waals surface area contributed by atoms with Crippen LogP contribution in [0.1, 0.15) is 60.8 Å².